The number of allylic oxidation sites excluding steroid dienone is 18. The van der Waals surface area contributed by atoms with Gasteiger partial charge in [-0.05, 0) is 103 Å². The van der Waals surface area contributed by atoms with Crippen LogP contribution in [0.2, 0.25) is 0 Å². The van der Waals surface area contributed by atoms with Crippen LogP contribution < -0.4 is 0 Å². The van der Waals surface area contributed by atoms with Crippen molar-refractivity contribution in [3.05, 3.63) is 109 Å². The SMILES string of the molecule is CC/C=C\C/C=C\C/C=C\C/C=C\C/C=C\C/C=C\CCCCCCCCCCCCC(=O)OCC(COC(=O)CCCCC/C=C\C/C=C\C/C=C\CC)OC(=O)CCCCCCCCCCCCCCCCCCCCC. The zero-order chi connectivity index (χ0) is 57.1. The van der Waals surface area contributed by atoms with Gasteiger partial charge in [0.15, 0.2) is 6.10 Å². The summed E-state index contributed by atoms with van der Waals surface area (Å²) in [4.78, 5) is 38.3. The summed E-state index contributed by atoms with van der Waals surface area (Å²) < 4.78 is 16.9. The number of carbonyl (C=O) groups is 3. The van der Waals surface area contributed by atoms with E-state index in [1.165, 1.54) is 154 Å². The maximum Gasteiger partial charge on any atom is 0.306 e. The van der Waals surface area contributed by atoms with Crippen LogP contribution >= 0.6 is 0 Å². The topological polar surface area (TPSA) is 78.9 Å². The first kappa shape index (κ1) is 75.1. The third-order valence-corrected chi connectivity index (χ3v) is 14.3. The molecule has 0 aromatic rings. The first-order valence-electron chi connectivity index (χ1n) is 33.4. The summed E-state index contributed by atoms with van der Waals surface area (Å²) in [6.45, 7) is 6.42. The van der Waals surface area contributed by atoms with Gasteiger partial charge in [-0.25, -0.2) is 0 Å². The molecule has 79 heavy (non-hydrogen) atoms. The van der Waals surface area contributed by atoms with E-state index in [1.54, 1.807) is 0 Å². The van der Waals surface area contributed by atoms with E-state index in [2.05, 4.69) is 130 Å². The summed E-state index contributed by atoms with van der Waals surface area (Å²) in [5.41, 5.74) is 0. The van der Waals surface area contributed by atoms with Crippen molar-refractivity contribution < 1.29 is 28.6 Å². The van der Waals surface area contributed by atoms with E-state index in [0.29, 0.717) is 19.3 Å². The average molecular weight is 1100 g/mol. The van der Waals surface area contributed by atoms with Gasteiger partial charge >= 0.3 is 17.9 Å². The second-order valence-electron chi connectivity index (χ2n) is 22.0. The minimum Gasteiger partial charge on any atom is -0.462 e. The first-order valence-corrected chi connectivity index (χ1v) is 33.4. The van der Waals surface area contributed by atoms with Crippen molar-refractivity contribution in [3.63, 3.8) is 0 Å². The molecule has 6 heteroatoms. The molecule has 0 radical (unpaired) electrons. The Morgan fingerprint density at radius 3 is 0.785 bits per heavy atom. The van der Waals surface area contributed by atoms with Crippen LogP contribution in [0.1, 0.15) is 316 Å². The minimum atomic E-state index is -0.792. The van der Waals surface area contributed by atoms with E-state index >= 15 is 0 Å². The van der Waals surface area contributed by atoms with Crippen molar-refractivity contribution in [2.45, 2.75) is 322 Å². The van der Waals surface area contributed by atoms with Gasteiger partial charge in [-0.1, -0.05) is 304 Å². The molecule has 0 aliphatic heterocycles. The lowest BCUT2D eigenvalue weighted by Crippen LogP contribution is -2.30. The third kappa shape index (κ3) is 64.8. The maximum absolute atomic E-state index is 12.9. The van der Waals surface area contributed by atoms with E-state index in [-0.39, 0.29) is 31.1 Å². The van der Waals surface area contributed by atoms with Gasteiger partial charge in [-0.2, -0.15) is 0 Å². The molecule has 0 spiro atoms. The highest BCUT2D eigenvalue weighted by atomic mass is 16.6. The summed E-state index contributed by atoms with van der Waals surface area (Å²) in [6, 6.07) is 0. The molecule has 452 valence electrons. The molecular weight excluding hydrogens is 973 g/mol. The number of unbranched alkanes of at least 4 members (excludes halogenated alkanes) is 31. The Morgan fingerprint density at radius 2 is 0.494 bits per heavy atom. The zero-order valence-electron chi connectivity index (χ0n) is 51.9. The highest BCUT2D eigenvalue weighted by Crippen LogP contribution is 2.17. The van der Waals surface area contributed by atoms with E-state index in [4.69, 9.17) is 14.2 Å². The number of hydrogen-bond donors (Lipinski definition) is 0. The molecule has 0 fully saturated rings. The molecule has 0 heterocycles. The molecule has 0 saturated heterocycles. The molecule has 0 aromatic heterocycles. The van der Waals surface area contributed by atoms with Crippen LogP contribution in [0, 0.1) is 0 Å². The molecular formula is C73H124O6. The molecule has 0 aromatic carbocycles. The lowest BCUT2D eigenvalue weighted by molar-refractivity contribution is -0.167. The molecule has 6 nitrogen and oxygen atoms in total. The van der Waals surface area contributed by atoms with E-state index < -0.39 is 6.10 Å². The number of rotatable bonds is 60. The van der Waals surface area contributed by atoms with Crippen LogP contribution in [0.3, 0.4) is 0 Å². The van der Waals surface area contributed by atoms with Crippen molar-refractivity contribution in [2.24, 2.45) is 0 Å². The maximum atomic E-state index is 12.9. The summed E-state index contributed by atoms with van der Waals surface area (Å²) >= 11 is 0. The summed E-state index contributed by atoms with van der Waals surface area (Å²) in [5, 5.41) is 0. The van der Waals surface area contributed by atoms with Crippen LogP contribution in [0.5, 0.6) is 0 Å². The smallest absolute Gasteiger partial charge is 0.306 e. The Bertz CT molecular complexity index is 1590. The van der Waals surface area contributed by atoms with Gasteiger partial charge in [0, 0.05) is 19.3 Å². The fourth-order valence-corrected chi connectivity index (χ4v) is 9.35. The predicted octanol–water partition coefficient (Wildman–Crippen LogP) is 23.0. The lowest BCUT2D eigenvalue weighted by atomic mass is 10.0. The average Bonchev–Trinajstić information content (AvgIpc) is 3.45. The Morgan fingerprint density at radius 1 is 0.266 bits per heavy atom. The molecule has 0 aliphatic carbocycles. The standard InChI is InChI=1S/C73H124O6/c1-4-7-10-13-16-19-22-25-27-29-31-32-33-34-35-36-37-38-39-40-42-43-45-48-51-54-57-60-63-66-72(75)78-69-70(68-77-71(74)65-62-59-56-53-50-47-24-21-18-15-12-9-6-3)79-73(76)67-64-61-58-55-52-49-46-44-41-30-28-26-23-20-17-14-11-8-5-2/h7,9-10,12,16,18-19,21,25,27,31-32,34-35,37-38,47,50,70H,4-6,8,11,13-15,17,20,22-24,26,28-30,33,36,39-46,48-49,51-69H2,1-3H3/b10-7-,12-9-,19-16-,21-18-,27-25-,32-31-,35-34-,38-37-,50-47-. The number of esters is 3. The first-order chi connectivity index (χ1) is 39.0. The predicted molar refractivity (Wildman–Crippen MR) is 343 cm³/mol. The number of carbonyl (C=O) groups excluding carboxylic acids is 3. The Kier molecular flexibility index (Phi) is 63.3. The Labute approximate surface area is 489 Å². The van der Waals surface area contributed by atoms with Gasteiger partial charge in [-0.15, -0.1) is 0 Å². The zero-order valence-corrected chi connectivity index (χ0v) is 51.9. The molecule has 0 bridgehead atoms. The lowest BCUT2D eigenvalue weighted by Gasteiger charge is -2.18. The van der Waals surface area contributed by atoms with Crippen LogP contribution in [0.4, 0.5) is 0 Å². The highest BCUT2D eigenvalue weighted by Gasteiger charge is 2.19. The van der Waals surface area contributed by atoms with Gasteiger partial charge in [0.2, 0.25) is 0 Å². The quantitative estimate of drug-likeness (QED) is 0.0261. The van der Waals surface area contributed by atoms with Crippen LogP contribution in [0.15, 0.2) is 109 Å². The van der Waals surface area contributed by atoms with Crippen molar-refractivity contribution in [2.75, 3.05) is 13.2 Å². The van der Waals surface area contributed by atoms with Crippen molar-refractivity contribution >= 4 is 17.9 Å². The Balaban J connectivity index is 4.30. The second kappa shape index (κ2) is 66.6. The third-order valence-electron chi connectivity index (χ3n) is 14.3. The minimum absolute atomic E-state index is 0.0879. The van der Waals surface area contributed by atoms with Crippen molar-refractivity contribution in [1.29, 1.82) is 0 Å². The summed E-state index contributed by atoms with van der Waals surface area (Å²) in [5.74, 6) is -0.910. The van der Waals surface area contributed by atoms with E-state index in [0.717, 1.165) is 122 Å². The highest BCUT2D eigenvalue weighted by molar-refractivity contribution is 5.71. The summed E-state index contributed by atoms with van der Waals surface area (Å²) in [7, 11) is 0. The largest absolute Gasteiger partial charge is 0.462 e. The molecule has 0 saturated carbocycles. The number of hydrogen-bond acceptors (Lipinski definition) is 6. The van der Waals surface area contributed by atoms with Crippen molar-refractivity contribution in [3.8, 4) is 0 Å². The molecule has 0 rings (SSSR count). The van der Waals surface area contributed by atoms with Gasteiger partial charge in [-0.3, -0.25) is 14.4 Å². The monoisotopic (exact) mass is 1100 g/mol. The van der Waals surface area contributed by atoms with Gasteiger partial charge in [0.1, 0.15) is 13.2 Å². The fraction of sp³-hybridized carbons (Fsp3) is 0.712. The molecule has 1 unspecified atom stereocenters. The van der Waals surface area contributed by atoms with Gasteiger partial charge in [0.05, 0.1) is 0 Å². The molecule has 0 N–H and O–H groups in total. The fourth-order valence-electron chi connectivity index (χ4n) is 9.35. The van der Waals surface area contributed by atoms with Crippen LogP contribution in [-0.4, -0.2) is 37.2 Å². The normalized spacial score (nSPS) is 12.8. The van der Waals surface area contributed by atoms with Crippen LogP contribution in [-0.2, 0) is 28.6 Å². The summed E-state index contributed by atoms with van der Waals surface area (Å²) in [6.07, 6.45) is 91.1. The van der Waals surface area contributed by atoms with Gasteiger partial charge in [0.25, 0.3) is 0 Å². The van der Waals surface area contributed by atoms with Crippen molar-refractivity contribution in [1.82, 2.24) is 0 Å². The number of ether oxygens (including phenoxy) is 3. The van der Waals surface area contributed by atoms with Crippen LogP contribution in [0.25, 0.3) is 0 Å². The Hall–Kier alpha value is -3.93. The van der Waals surface area contributed by atoms with Gasteiger partial charge < -0.3 is 14.2 Å². The van der Waals surface area contributed by atoms with E-state index in [1.807, 2.05) is 0 Å². The van der Waals surface area contributed by atoms with E-state index in [9.17, 15) is 14.4 Å². The molecule has 1 atom stereocenters. The second-order valence-corrected chi connectivity index (χ2v) is 22.0. The molecule has 0 aliphatic rings. The molecule has 0 amide bonds.